The lowest BCUT2D eigenvalue weighted by Gasteiger charge is -2.09. The number of hydrogen-bond acceptors (Lipinski definition) is 4. The zero-order chi connectivity index (χ0) is 19.7. The van der Waals surface area contributed by atoms with E-state index in [0.717, 1.165) is 11.1 Å². The summed E-state index contributed by atoms with van der Waals surface area (Å²) in [5.41, 5.74) is 15.9. The van der Waals surface area contributed by atoms with Crippen molar-refractivity contribution >= 4 is 22.4 Å². The van der Waals surface area contributed by atoms with Gasteiger partial charge in [0.2, 0.25) is 0 Å². The second-order valence-corrected chi connectivity index (χ2v) is 6.35. The Morgan fingerprint density at radius 2 is 1.54 bits per heavy atom. The van der Waals surface area contributed by atoms with Gasteiger partial charge in [-0.25, -0.2) is 9.37 Å². The van der Waals surface area contributed by atoms with Crippen LogP contribution < -0.4 is 17.0 Å². The first-order valence-electron chi connectivity index (χ1n) is 8.64. The summed E-state index contributed by atoms with van der Waals surface area (Å²) in [4.78, 5) is 19.7. The van der Waals surface area contributed by atoms with Crippen molar-refractivity contribution in [2.45, 2.75) is 0 Å². The molecule has 1 heterocycles. The molecule has 0 unspecified atom stereocenters. The van der Waals surface area contributed by atoms with Crippen LogP contribution in [0.1, 0.15) is 11.3 Å². The Bertz CT molecular complexity index is 1250. The SMILES string of the molecule is N/C(=C(/N)c1nc2cc(-c3ccc(F)cc3)ccc2[nH]c1=O)c1ccccc1. The molecule has 0 amide bonds. The van der Waals surface area contributed by atoms with Crippen LogP contribution in [0, 0.1) is 5.82 Å². The van der Waals surface area contributed by atoms with Crippen molar-refractivity contribution < 1.29 is 4.39 Å². The van der Waals surface area contributed by atoms with Gasteiger partial charge >= 0.3 is 0 Å². The van der Waals surface area contributed by atoms with E-state index in [0.29, 0.717) is 16.6 Å². The van der Waals surface area contributed by atoms with Gasteiger partial charge in [-0.3, -0.25) is 4.79 Å². The third-order valence-corrected chi connectivity index (χ3v) is 4.50. The minimum Gasteiger partial charge on any atom is -0.397 e. The summed E-state index contributed by atoms with van der Waals surface area (Å²) in [6.07, 6.45) is 0. The number of H-pyrrole nitrogens is 1. The molecule has 0 saturated carbocycles. The fraction of sp³-hybridized carbons (Fsp3) is 0. The van der Waals surface area contributed by atoms with E-state index in [1.54, 1.807) is 18.2 Å². The highest BCUT2D eigenvalue weighted by Gasteiger charge is 2.13. The standard InChI is InChI=1S/C22H17FN4O/c23-16-9-6-13(7-10-16)15-8-11-17-18(12-15)26-21(22(28)27-17)20(25)19(24)14-4-2-1-3-5-14/h1-12H,24-25H2,(H,27,28)/b20-19+. The Hall–Kier alpha value is -3.93. The molecular weight excluding hydrogens is 355 g/mol. The van der Waals surface area contributed by atoms with Crippen LogP contribution in [0.4, 0.5) is 4.39 Å². The van der Waals surface area contributed by atoms with E-state index < -0.39 is 5.56 Å². The molecule has 5 nitrogen and oxygen atoms in total. The number of fused-ring (bicyclic) bond motifs is 1. The molecule has 0 aliphatic rings. The Kier molecular flexibility index (Phi) is 4.37. The first-order valence-corrected chi connectivity index (χ1v) is 8.64. The Balaban J connectivity index is 1.84. The Labute approximate surface area is 160 Å². The van der Waals surface area contributed by atoms with Crippen LogP contribution in [0.5, 0.6) is 0 Å². The lowest BCUT2D eigenvalue weighted by molar-refractivity contribution is 0.628. The van der Waals surface area contributed by atoms with Crippen molar-refractivity contribution in [3.63, 3.8) is 0 Å². The van der Waals surface area contributed by atoms with Gasteiger partial charge in [0.15, 0.2) is 5.69 Å². The van der Waals surface area contributed by atoms with Gasteiger partial charge in [-0.1, -0.05) is 48.5 Å². The minimum atomic E-state index is -0.418. The fourth-order valence-corrected chi connectivity index (χ4v) is 2.99. The second-order valence-electron chi connectivity index (χ2n) is 6.35. The van der Waals surface area contributed by atoms with Gasteiger partial charge < -0.3 is 16.5 Å². The molecule has 6 heteroatoms. The van der Waals surface area contributed by atoms with Crippen LogP contribution in [0.2, 0.25) is 0 Å². The molecule has 0 spiro atoms. The summed E-state index contributed by atoms with van der Waals surface area (Å²) in [6, 6.07) is 20.7. The third-order valence-electron chi connectivity index (χ3n) is 4.50. The third kappa shape index (κ3) is 3.23. The quantitative estimate of drug-likeness (QED) is 0.513. The highest BCUT2D eigenvalue weighted by molar-refractivity contribution is 5.88. The first-order chi connectivity index (χ1) is 13.5. The van der Waals surface area contributed by atoms with Crippen molar-refractivity contribution in [2.24, 2.45) is 11.5 Å². The first kappa shape index (κ1) is 17.5. The molecule has 138 valence electrons. The summed E-state index contributed by atoms with van der Waals surface area (Å²) in [7, 11) is 0. The average molecular weight is 372 g/mol. The highest BCUT2D eigenvalue weighted by atomic mass is 19.1. The Morgan fingerprint density at radius 3 is 2.25 bits per heavy atom. The molecule has 4 aromatic rings. The number of aromatic amines is 1. The van der Waals surface area contributed by atoms with Gasteiger partial charge in [0, 0.05) is 0 Å². The molecule has 0 aliphatic carbocycles. The number of hydrogen-bond donors (Lipinski definition) is 3. The van der Waals surface area contributed by atoms with E-state index in [2.05, 4.69) is 9.97 Å². The summed E-state index contributed by atoms with van der Waals surface area (Å²) >= 11 is 0. The minimum absolute atomic E-state index is 0.0603. The highest BCUT2D eigenvalue weighted by Crippen LogP contribution is 2.23. The molecule has 0 fully saturated rings. The molecule has 0 aliphatic heterocycles. The van der Waals surface area contributed by atoms with Gasteiger partial charge in [-0.2, -0.15) is 0 Å². The maximum absolute atomic E-state index is 13.2. The zero-order valence-corrected chi connectivity index (χ0v) is 14.8. The summed E-state index contributed by atoms with van der Waals surface area (Å²) in [6.45, 7) is 0. The molecule has 0 saturated heterocycles. The van der Waals surface area contributed by atoms with Crippen molar-refractivity contribution in [3.8, 4) is 11.1 Å². The zero-order valence-electron chi connectivity index (χ0n) is 14.8. The van der Waals surface area contributed by atoms with Crippen LogP contribution in [-0.4, -0.2) is 9.97 Å². The van der Waals surface area contributed by atoms with Crippen molar-refractivity contribution in [1.82, 2.24) is 9.97 Å². The van der Waals surface area contributed by atoms with E-state index in [-0.39, 0.29) is 22.9 Å². The van der Waals surface area contributed by atoms with Crippen LogP contribution in [0.15, 0.2) is 77.6 Å². The predicted octanol–water partition coefficient (Wildman–Crippen LogP) is 3.47. The fourth-order valence-electron chi connectivity index (χ4n) is 2.99. The van der Waals surface area contributed by atoms with E-state index in [1.165, 1.54) is 12.1 Å². The average Bonchev–Trinajstić information content (AvgIpc) is 2.73. The number of nitrogens with two attached hydrogens (primary N) is 2. The monoisotopic (exact) mass is 372 g/mol. The van der Waals surface area contributed by atoms with Crippen LogP contribution in [0.3, 0.4) is 0 Å². The number of aromatic nitrogens is 2. The van der Waals surface area contributed by atoms with E-state index in [1.807, 2.05) is 42.5 Å². The van der Waals surface area contributed by atoms with Crippen LogP contribution >= 0.6 is 0 Å². The van der Waals surface area contributed by atoms with Gasteiger partial charge in [-0.15, -0.1) is 0 Å². The molecule has 0 radical (unpaired) electrons. The predicted molar refractivity (Wildman–Crippen MR) is 109 cm³/mol. The number of nitrogens with zero attached hydrogens (tertiary/aromatic N) is 1. The van der Waals surface area contributed by atoms with Gasteiger partial charge in [0.25, 0.3) is 5.56 Å². The van der Waals surface area contributed by atoms with E-state index in [4.69, 9.17) is 11.5 Å². The molecule has 3 aromatic carbocycles. The molecule has 28 heavy (non-hydrogen) atoms. The van der Waals surface area contributed by atoms with E-state index >= 15 is 0 Å². The lowest BCUT2D eigenvalue weighted by atomic mass is 10.0. The van der Waals surface area contributed by atoms with Gasteiger partial charge in [-0.05, 0) is 41.0 Å². The number of benzene rings is 3. The molecule has 0 atom stereocenters. The second kappa shape index (κ2) is 7.00. The largest absolute Gasteiger partial charge is 0.397 e. The van der Waals surface area contributed by atoms with Crippen molar-refractivity contribution in [2.75, 3.05) is 0 Å². The topological polar surface area (TPSA) is 97.8 Å². The number of nitrogens with one attached hydrogen (secondary N) is 1. The molecule has 4 rings (SSSR count). The summed E-state index contributed by atoms with van der Waals surface area (Å²) in [5.74, 6) is -0.302. The molecule has 0 bridgehead atoms. The maximum atomic E-state index is 13.2. The van der Waals surface area contributed by atoms with Crippen LogP contribution in [0.25, 0.3) is 33.6 Å². The summed E-state index contributed by atoms with van der Waals surface area (Å²) in [5, 5.41) is 0. The summed E-state index contributed by atoms with van der Waals surface area (Å²) < 4.78 is 13.2. The lowest BCUT2D eigenvalue weighted by Crippen LogP contribution is -2.20. The van der Waals surface area contributed by atoms with Crippen LogP contribution in [-0.2, 0) is 0 Å². The molecular formula is C22H17FN4O. The number of rotatable bonds is 3. The molecule has 1 aromatic heterocycles. The van der Waals surface area contributed by atoms with Gasteiger partial charge in [0.1, 0.15) is 5.82 Å². The van der Waals surface area contributed by atoms with Gasteiger partial charge in [0.05, 0.1) is 22.4 Å². The smallest absolute Gasteiger partial charge is 0.276 e. The number of halogens is 1. The Morgan fingerprint density at radius 1 is 0.857 bits per heavy atom. The normalized spacial score (nSPS) is 12.0. The molecule has 5 N–H and O–H groups in total. The maximum Gasteiger partial charge on any atom is 0.276 e. The van der Waals surface area contributed by atoms with E-state index in [9.17, 15) is 9.18 Å². The van der Waals surface area contributed by atoms with Crippen molar-refractivity contribution in [3.05, 3.63) is 100 Å². The van der Waals surface area contributed by atoms with Crippen molar-refractivity contribution in [1.29, 1.82) is 0 Å².